The second kappa shape index (κ2) is 5.08. The van der Waals surface area contributed by atoms with Crippen LogP contribution in [0.4, 0.5) is 8.78 Å². The number of benzene rings is 1. The van der Waals surface area contributed by atoms with Gasteiger partial charge in [-0.3, -0.25) is 4.79 Å². The molecule has 0 unspecified atom stereocenters. The third-order valence-corrected chi connectivity index (χ3v) is 3.61. The molecule has 0 radical (unpaired) electrons. The number of pyridine rings is 1. The highest BCUT2D eigenvalue weighted by molar-refractivity contribution is 5.95. The van der Waals surface area contributed by atoms with Crippen molar-refractivity contribution < 1.29 is 23.0 Å². The summed E-state index contributed by atoms with van der Waals surface area (Å²) in [7, 11) is 0. The van der Waals surface area contributed by atoms with Crippen LogP contribution in [-0.4, -0.2) is 23.8 Å². The monoisotopic (exact) mass is 309 g/mol. The second-order valence-electron chi connectivity index (χ2n) is 5.06. The Kier molecular flexibility index (Phi) is 3.35. The number of halogens is 2. The number of carbonyl (C=O) groups excluding carboxylic acids is 1. The van der Waals surface area contributed by atoms with Crippen LogP contribution in [-0.2, 0) is 4.74 Å². The van der Waals surface area contributed by atoms with Gasteiger partial charge < -0.3 is 14.0 Å². The van der Waals surface area contributed by atoms with Crippen molar-refractivity contribution in [2.45, 2.75) is 19.9 Å². The molecule has 22 heavy (non-hydrogen) atoms. The number of nitrogens with zero attached hydrogens (tertiary/aromatic N) is 1. The molecule has 0 saturated heterocycles. The van der Waals surface area contributed by atoms with Gasteiger partial charge in [0.2, 0.25) is 11.2 Å². The SMILES string of the molecule is CCOC(=O)c1cn2c3c(c(F)c(F)cc3c1=O)OC[C@@H]2C. The first-order chi connectivity index (χ1) is 10.5. The first-order valence-corrected chi connectivity index (χ1v) is 6.82. The highest BCUT2D eigenvalue weighted by atomic mass is 19.2. The van der Waals surface area contributed by atoms with Crippen LogP contribution in [0, 0.1) is 11.6 Å². The van der Waals surface area contributed by atoms with Gasteiger partial charge in [0.1, 0.15) is 12.2 Å². The van der Waals surface area contributed by atoms with Crippen molar-refractivity contribution in [3.05, 3.63) is 39.7 Å². The summed E-state index contributed by atoms with van der Waals surface area (Å²) in [6.07, 6.45) is 1.32. The van der Waals surface area contributed by atoms with E-state index in [9.17, 15) is 18.4 Å². The summed E-state index contributed by atoms with van der Waals surface area (Å²) >= 11 is 0. The first-order valence-electron chi connectivity index (χ1n) is 6.82. The maximum absolute atomic E-state index is 13.9. The lowest BCUT2D eigenvalue weighted by Gasteiger charge is -2.27. The quantitative estimate of drug-likeness (QED) is 0.799. The second-order valence-corrected chi connectivity index (χ2v) is 5.06. The molecule has 3 rings (SSSR count). The van der Waals surface area contributed by atoms with Crippen LogP contribution in [0.3, 0.4) is 0 Å². The summed E-state index contributed by atoms with van der Waals surface area (Å²) in [5.41, 5.74) is -0.765. The standard InChI is InChI=1S/C15H13F2NO4/c1-3-21-15(20)9-5-18-7(2)6-22-14-11(17)10(16)4-8(12(14)18)13(9)19/h4-5,7H,3,6H2,1-2H3/t7-/m0/s1. The number of hydrogen-bond acceptors (Lipinski definition) is 4. The summed E-state index contributed by atoms with van der Waals surface area (Å²) in [6, 6.07) is 0.547. The lowest BCUT2D eigenvalue weighted by atomic mass is 10.1. The summed E-state index contributed by atoms with van der Waals surface area (Å²) in [6.45, 7) is 3.61. The fourth-order valence-corrected chi connectivity index (χ4v) is 2.55. The van der Waals surface area contributed by atoms with Crippen LogP contribution >= 0.6 is 0 Å². The number of ether oxygens (including phenoxy) is 2. The summed E-state index contributed by atoms with van der Waals surface area (Å²) in [4.78, 5) is 24.3. The van der Waals surface area contributed by atoms with Crippen LogP contribution in [0.15, 0.2) is 17.1 Å². The minimum Gasteiger partial charge on any atom is -0.486 e. The molecule has 1 atom stereocenters. The van der Waals surface area contributed by atoms with Gasteiger partial charge in [-0.05, 0) is 19.9 Å². The van der Waals surface area contributed by atoms with Crippen LogP contribution in [0.2, 0.25) is 0 Å². The van der Waals surface area contributed by atoms with Crippen LogP contribution in [0.1, 0.15) is 30.2 Å². The Balaban J connectivity index is 2.42. The van der Waals surface area contributed by atoms with E-state index in [1.54, 1.807) is 18.4 Å². The molecule has 0 saturated carbocycles. The topological polar surface area (TPSA) is 57.5 Å². The van der Waals surface area contributed by atoms with Crippen molar-refractivity contribution in [3.8, 4) is 5.75 Å². The highest BCUT2D eigenvalue weighted by Gasteiger charge is 2.28. The van der Waals surface area contributed by atoms with Crippen molar-refractivity contribution in [3.63, 3.8) is 0 Å². The number of aromatic nitrogens is 1. The molecule has 0 spiro atoms. The Morgan fingerprint density at radius 3 is 2.91 bits per heavy atom. The maximum Gasteiger partial charge on any atom is 0.343 e. The van der Waals surface area contributed by atoms with E-state index < -0.39 is 23.0 Å². The third-order valence-electron chi connectivity index (χ3n) is 3.61. The lowest BCUT2D eigenvalue weighted by molar-refractivity contribution is 0.0523. The third kappa shape index (κ3) is 1.96. The van der Waals surface area contributed by atoms with E-state index in [0.29, 0.717) is 0 Å². The zero-order chi connectivity index (χ0) is 16.0. The molecule has 1 aliphatic heterocycles. The molecule has 0 amide bonds. The largest absolute Gasteiger partial charge is 0.486 e. The maximum atomic E-state index is 13.9. The van der Waals surface area contributed by atoms with E-state index in [2.05, 4.69) is 0 Å². The number of esters is 1. The molecule has 1 aromatic heterocycles. The van der Waals surface area contributed by atoms with Gasteiger partial charge in [0.15, 0.2) is 11.6 Å². The Hall–Kier alpha value is -2.44. The highest BCUT2D eigenvalue weighted by Crippen LogP contribution is 2.35. The molecule has 116 valence electrons. The van der Waals surface area contributed by atoms with Gasteiger partial charge in [-0.2, -0.15) is 4.39 Å². The van der Waals surface area contributed by atoms with Crippen LogP contribution < -0.4 is 10.2 Å². The zero-order valence-electron chi connectivity index (χ0n) is 12.0. The van der Waals surface area contributed by atoms with E-state index >= 15 is 0 Å². The molecule has 1 aromatic carbocycles. The average molecular weight is 309 g/mol. The fourth-order valence-electron chi connectivity index (χ4n) is 2.55. The molecule has 1 aliphatic rings. The molecule has 5 nitrogen and oxygen atoms in total. The molecule has 2 heterocycles. The molecular formula is C15H13F2NO4. The molecule has 7 heteroatoms. The number of rotatable bonds is 2. The van der Waals surface area contributed by atoms with Crippen molar-refractivity contribution in [2.75, 3.05) is 13.2 Å². The molecule has 2 aromatic rings. The van der Waals surface area contributed by atoms with Gasteiger partial charge in [0.05, 0.1) is 23.6 Å². The number of hydrogen-bond donors (Lipinski definition) is 0. The van der Waals surface area contributed by atoms with Gasteiger partial charge in [-0.25, -0.2) is 9.18 Å². The van der Waals surface area contributed by atoms with Crippen molar-refractivity contribution in [2.24, 2.45) is 0 Å². The van der Waals surface area contributed by atoms with E-state index in [0.717, 1.165) is 6.07 Å². The molecule has 0 fully saturated rings. The van der Waals surface area contributed by atoms with E-state index in [-0.39, 0.29) is 41.5 Å². The predicted molar refractivity (Wildman–Crippen MR) is 74.3 cm³/mol. The fraction of sp³-hybridized carbons (Fsp3) is 0.333. The van der Waals surface area contributed by atoms with Crippen molar-refractivity contribution in [1.29, 1.82) is 0 Å². The first kappa shape index (κ1) is 14.5. The zero-order valence-corrected chi connectivity index (χ0v) is 12.0. The Morgan fingerprint density at radius 2 is 2.23 bits per heavy atom. The Morgan fingerprint density at radius 1 is 1.50 bits per heavy atom. The Labute approximate surface area is 124 Å². The van der Waals surface area contributed by atoms with E-state index in [1.165, 1.54) is 6.20 Å². The average Bonchev–Trinajstić information content (AvgIpc) is 2.48. The summed E-state index contributed by atoms with van der Waals surface area (Å²) in [5.74, 6) is -3.43. The number of carbonyl (C=O) groups is 1. The summed E-state index contributed by atoms with van der Waals surface area (Å²) < 4.78 is 39.2. The van der Waals surface area contributed by atoms with Gasteiger partial charge in [0, 0.05) is 6.20 Å². The van der Waals surface area contributed by atoms with E-state index in [4.69, 9.17) is 9.47 Å². The van der Waals surface area contributed by atoms with Crippen molar-refractivity contribution >= 4 is 16.9 Å². The molecule has 0 bridgehead atoms. The predicted octanol–water partition coefficient (Wildman–Crippen LogP) is 2.41. The van der Waals surface area contributed by atoms with Gasteiger partial charge >= 0.3 is 5.97 Å². The molecule has 0 N–H and O–H groups in total. The van der Waals surface area contributed by atoms with E-state index in [1.807, 2.05) is 0 Å². The van der Waals surface area contributed by atoms with Crippen molar-refractivity contribution in [1.82, 2.24) is 4.57 Å². The minimum absolute atomic E-state index is 0.105. The van der Waals surface area contributed by atoms with Gasteiger partial charge in [-0.15, -0.1) is 0 Å². The lowest BCUT2D eigenvalue weighted by Crippen LogP contribution is -2.27. The normalized spacial score (nSPS) is 16.5. The van der Waals surface area contributed by atoms with Crippen LogP contribution in [0.5, 0.6) is 5.75 Å². The molecular weight excluding hydrogens is 296 g/mol. The van der Waals surface area contributed by atoms with Gasteiger partial charge in [0.25, 0.3) is 0 Å². The van der Waals surface area contributed by atoms with Gasteiger partial charge in [-0.1, -0.05) is 0 Å². The minimum atomic E-state index is -1.19. The summed E-state index contributed by atoms with van der Waals surface area (Å²) in [5, 5.41) is -0.106. The Bertz CT molecular complexity index is 844. The molecule has 0 aliphatic carbocycles. The van der Waals surface area contributed by atoms with Crippen LogP contribution in [0.25, 0.3) is 10.9 Å². The smallest absolute Gasteiger partial charge is 0.343 e.